The Balaban J connectivity index is 1.74. The summed E-state index contributed by atoms with van der Waals surface area (Å²) in [7, 11) is 0. The Morgan fingerprint density at radius 2 is 1.86 bits per heavy atom. The van der Waals surface area contributed by atoms with Crippen molar-refractivity contribution in [1.29, 1.82) is 0 Å². The first-order valence-electron chi connectivity index (χ1n) is 9.32. The molecule has 150 valence electrons. The molecule has 3 aromatic rings. The van der Waals surface area contributed by atoms with Gasteiger partial charge in [-0.25, -0.2) is 9.97 Å². The number of nitrogens with zero attached hydrogens (tertiary/aromatic N) is 3. The quantitative estimate of drug-likeness (QED) is 0.614. The molecule has 0 aromatic carbocycles. The van der Waals surface area contributed by atoms with Crippen LogP contribution in [0.3, 0.4) is 0 Å². The van der Waals surface area contributed by atoms with E-state index in [9.17, 15) is 9.59 Å². The van der Waals surface area contributed by atoms with Crippen LogP contribution in [0.4, 0.5) is 5.82 Å². The molecule has 0 aliphatic carbocycles. The lowest BCUT2D eigenvalue weighted by Gasteiger charge is -2.18. The molecule has 0 fully saturated rings. The summed E-state index contributed by atoms with van der Waals surface area (Å²) < 4.78 is 0. The van der Waals surface area contributed by atoms with Crippen molar-refractivity contribution in [2.75, 3.05) is 5.32 Å². The molecule has 0 unspecified atom stereocenters. The third-order valence-corrected chi connectivity index (χ3v) is 5.12. The Labute approximate surface area is 173 Å². The van der Waals surface area contributed by atoms with Gasteiger partial charge in [0.25, 0.3) is 11.8 Å². The summed E-state index contributed by atoms with van der Waals surface area (Å²) in [5.41, 5.74) is 1.85. The highest BCUT2D eigenvalue weighted by Gasteiger charge is 2.22. The zero-order valence-electron chi connectivity index (χ0n) is 16.5. The molecule has 3 aromatic heterocycles. The molecule has 0 aliphatic rings. The lowest BCUT2D eigenvalue weighted by atomic mass is 10.0. The first-order valence-corrected chi connectivity index (χ1v) is 10.2. The van der Waals surface area contributed by atoms with Crippen molar-refractivity contribution in [2.45, 2.75) is 33.2 Å². The minimum atomic E-state index is -0.325. The zero-order valence-corrected chi connectivity index (χ0v) is 17.4. The average Bonchev–Trinajstić information content (AvgIpc) is 3.18. The summed E-state index contributed by atoms with van der Waals surface area (Å²) in [5, 5.41) is 8.18. The van der Waals surface area contributed by atoms with Crippen LogP contribution >= 0.6 is 11.3 Å². The van der Waals surface area contributed by atoms with E-state index in [0.29, 0.717) is 34.4 Å². The van der Waals surface area contributed by atoms with Gasteiger partial charge in [0.15, 0.2) is 0 Å². The van der Waals surface area contributed by atoms with Crippen LogP contribution < -0.4 is 10.6 Å². The first kappa shape index (κ1) is 20.6. The smallest absolute Gasteiger partial charge is 0.276 e. The summed E-state index contributed by atoms with van der Waals surface area (Å²) in [4.78, 5) is 37.7. The zero-order chi connectivity index (χ0) is 20.8. The van der Waals surface area contributed by atoms with Gasteiger partial charge >= 0.3 is 0 Å². The van der Waals surface area contributed by atoms with Crippen LogP contribution in [0.2, 0.25) is 0 Å². The van der Waals surface area contributed by atoms with E-state index in [1.54, 1.807) is 42.2 Å². The van der Waals surface area contributed by atoms with Crippen molar-refractivity contribution in [3.8, 4) is 0 Å². The fourth-order valence-corrected chi connectivity index (χ4v) is 3.64. The van der Waals surface area contributed by atoms with Crippen LogP contribution in [0, 0.1) is 12.8 Å². The number of amides is 2. The predicted octanol–water partition coefficient (Wildman–Crippen LogP) is 4.01. The molecule has 2 amide bonds. The molecule has 8 heteroatoms. The average molecular weight is 410 g/mol. The van der Waals surface area contributed by atoms with E-state index in [0.717, 1.165) is 5.56 Å². The Morgan fingerprint density at radius 1 is 1.10 bits per heavy atom. The number of aryl methyl sites for hydroxylation is 1. The van der Waals surface area contributed by atoms with Crippen molar-refractivity contribution in [3.63, 3.8) is 0 Å². The second kappa shape index (κ2) is 9.38. The van der Waals surface area contributed by atoms with Crippen LogP contribution in [0.15, 0.2) is 48.2 Å². The van der Waals surface area contributed by atoms with Gasteiger partial charge in [-0.15, -0.1) is 11.3 Å². The number of rotatable bonds is 7. The van der Waals surface area contributed by atoms with E-state index in [4.69, 9.17) is 0 Å². The number of thiazole rings is 1. The van der Waals surface area contributed by atoms with E-state index >= 15 is 0 Å². The Hall–Kier alpha value is -3.13. The summed E-state index contributed by atoms with van der Waals surface area (Å²) in [6, 6.07) is 6.70. The standard InChI is InChI=1S/C21H23N5O2S/c1-13(2)10-16(24-19(27)15-5-7-22-8-6-15)21-25-17(12-29-21)20(28)26-18-11-14(3)4-9-23-18/h4-9,11-13,16H,10H2,1-3H3,(H,24,27)(H,23,26,28)/t16-/m1/s1. The number of nitrogens with one attached hydrogen (secondary N) is 2. The third-order valence-electron chi connectivity index (χ3n) is 4.16. The fraction of sp³-hybridized carbons (Fsp3) is 0.286. The summed E-state index contributed by atoms with van der Waals surface area (Å²) in [5.74, 6) is 0.308. The van der Waals surface area contributed by atoms with Crippen molar-refractivity contribution in [1.82, 2.24) is 20.3 Å². The minimum Gasteiger partial charge on any atom is -0.343 e. The maximum Gasteiger partial charge on any atom is 0.276 e. The Kier molecular flexibility index (Phi) is 6.66. The molecule has 1 atom stereocenters. The Bertz CT molecular complexity index is 988. The monoisotopic (exact) mass is 409 g/mol. The Morgan fingerprint density at radius 3 is 2.55 bits per heavy atom. The highest BCUT2D eigenvalue weighted by molar-refractivity contribution is 7.10. The molecule has 0 saturated carbocycles. The van der Waals surface area contributed by atoms with Gasteiger partial charge in [0, 0.05) is 29.5 Å². The van der Waals surface area contributed by atoms with Crippen LogP contribution in [0.1, 0.15) is 57.7 Å². The maximum absolute atomic E-state index is 12.6. The molecule has 29 heavy (non-hydrogen) atoms. The normalized spacial score (nSPS) is 11.9. The number of carbonyl (C=O) groups excluding carboxylic acids is 2. The van der Waals surface area contributed by atoms with Crippen molar-refractivity contribution in [2.24, 2.45) is 5.92 Å². The molecular weight excluding hydrogens is 386 g/mol. The summed E-state index contributed by atoms with van der Waals surface area (Å²) in [6.45, 7) is 6.09. The molecule has 0 radical (unpaired) electrons. The topological polar surface area (TPSA) is 96.9 Å². The fourth-order valence-electron chi connectivity index (χ4n) is 2.77. The molecule has 0 saturated heterocycles. The first-order chi connectivity index (χ1) is 13.9. The van der Waals surface area contributed by atoms with E-state index in [1.165, 1.54) is 11.3 Å². The van der Waals surface area contributed by atoms with Gasteiger partial charge < -0.3 is 10.6 Å². The van der Waals surface area contributed by atoms with Crippen molar-refractivity contribution in [3.05, 3.63) is 70.1 Å². The van der Waals surface area contributed by atoms with Gasteiger partial charge in [0.2, 0.25) is 0 Å². The number of carbonyl (C=O) groups is 2. The summed E-state index contributed by atoms with van der Waals surface area (Å²) in [6.07, 6.45) is 5.52. The van der Waals surface area contributed by atoms with Gasteiger partial charge in [0.1, 0.15) is 16.5 Å². The molecule has 0 bridgehead atoms. The van der Waals surface area contributed by atoms with Crippen molar-refractivity contribution >= 4 is 29.0 Å². The SMILES string of the molecule is Cc1ccnc(NC(=O)c2csc([C@@H](CC(C)C)NC(=O)c3ccncc3)n2)c1. The highest BCUT2D eigenvalue weighted by atomic mass is 32.1. The number of aromatic nitrogens is 3. The number of hydrogen-bond donors (Lipinski definition) is 2. The van der Waals surface area contributed by atoms with E-state index < -0.39 is 0 Å². The lowest BCUT2D eigenvalue weighted by Crippen LogP contribution is -2.29. The summed E-state index contributed by atoms with van der Waals surface area (Å²) >= 11 is 1.36. The number of pyridine rings is 2. The molecular formula is C21H23N5O2S. The van der Waals surface area contributed by atoms with Gasteiger partial charge in [-0.05, 0) is 49.1 Å². The minimum absolute atomic E-state index is 0.191. The predicted molar refractivity (Wildman–Crippen MR) is 113 cm³/mol. The van der Waals surface area contributed by atoms with Gasteiger partial charge in [0.05, 0.1) is 6.04 Å². The van der Waals surface area contributed by atoms with E-state index in [-0.39, 0.29) is 17.9 Å². The molecule has 7 nitrogen and oxygen atoms in total. The second-order valence-corrected chi connectivity index (χ2v) is 8.02. The van der Waals surface area contributed by atoms with Crippen molar-refractivity contribution < 1.29 is 9.59 Å². The lowest BCUT2D eigenvalue weighted by molar-refractivity contribution is 0.0931. The van der Waals surface area contributed by atoms with E-state index in [1.807, 2.05) is 13.0 Å². The molecule has 0 spiro atoms. The van der Waals surface area contributed by atoms with Crippen LogP contribution in [-0.2, 0) is 0 Å². The molecule has 0 aliphatic heterocycles. The molecule has 3 heterocycles. The number of anilines is 1. The third kappa shape index (κ3) is 5.68. The molecule has 2 N–H and O–H groups in total. The number of hydrogen-bond acceptors (Lipinski definition) is 6. The maximum atomic E-state index is 12.6. The second-order valence-electron chi connectivity index (χ2n) is 7.14. The largest absolute Gasteiger partial charge is 0.343 e. The molecule has 3 rings (SSSR count). The van der Waals surface area contributed by atoms with Crippen LogP contribution in [0.25, 0.3) is 0 Å². The van der Waals surface area contributed by atoms with Crippen LogP contribution in [-0.4, -0.2) is 26.8 Å². The highest BCUT2D eigenvalue weighted by Crippen LogP contribution is 2.25. The van der Waals surface area contributed by atoms with Gasteiger partial charge in [-0.2, -0.15) is 0 Å². The van der Waals surface area contributed by atoms with Gasteiger partial charge in [-0.1, -0.05) is 13.8 Å². The van der Waals surface area contributed by atoms with E-state index in [2.05, 4.69) is 39.4 Å². The van der Waals surface area contributed by atoms with Gasteiger partial charge in [-0.3, -0.25) is 14.6 Å². The van der Waals surface area contributed by atoms with Crippen LogP contribution in [0.5, 0.6) is 0 Å².